The van der Waals surface area contributed by atoms with Gasteiger partial charge in [0, 0.05) is 16.0 Å². The van der Waals surface area contributed by atoms with E-state index in [0.717, 1.165) is 15.6 Å². The van der Waals surface area contributed by atoms with Crippen LogP contribution in [-0.2, 0) is 13.1 Å². The lowest BCUT2D eigenvalue weighted by Gasteiger charge is -2.06. The third-order valence-corrected chi connectivity index (χ3v) is 4.47. The topological polar surface area (TPSA) is 85.8 Å². The Morgan fingerprint density at radius 3 is 2.80 bits per heavy atom. The van der Waals surface area contributed by atoms with Gasteiger partial charge < -0.3 is 11.1 Å². The third kappa shape index (κ3) is 4.18. The number of halogens is 2. The first kappa shape index (κ1) is 17.4. The molecule has 128 valence electrons. The first-order valence-corrected chi connectivity index (χ1v) is 8.66. The minimum atomic E-state index is -0.391. The molecule has 1 aromatic heterocycles. The molecular weight excluding hydrogens is 406 g/mol. The minimum Gasteiger partial charge on any atom is -0.382 e. The van der Waals surface area contributed by atoms with Gasteiger partial charge in [-0.1, -0.05) is 63.1 Å². The highest BCUT2D eigenvalue weighted by atomic mass is 79.9. The average molecular weight is 421 g/mol. The van der Waals surface area contributed by atoms with Crippen LogP contribution in [0, 0.1) is 0 Å². The van der Waals surface area contributed by atoms with Crippen LogP contribution in [-0.4, -0.2) is 20.9 Å². The smallest absolute Gasteiger partial charge is 0.275 e. The molecule has 0 bridgehead atoms. The van der Waals surface area contributed by atoms with Gasteiger partial charge in [0.15, 0.2) is 11.5 Å². The number of anilines is 1. The molecule has 0 radical (unpaired) electrons. The molecule has 3 N–H and O–H groups in total. The van der Waals surface area contributed by atoms with Gasteiger partial charge in [-0.15, -0.1) is 5.10 Å². The minimum absolute atomic E-state index is 0.0991. The summed E-state index contributed by atoms with van der Waals surface area (Å²) in [6, 6.07) is 15.1. The van der Waals surface area contributed by atoms with Crippen LogP contribution in [0.4, 0.5) is 5.82 Å². The largest absolute Gasteiger partial charge is 0.382 e. The molecule has 0 saturated carbocycles. The molecule has 0 saturated heterocycles. The fourth-order valence-electron chi connectivity index (χ4n) is 2.31. The summed E-state index contributed by atoms with van der Waals surface area (Å²) in [6.45, 7) is 0.715. The highest BCUT2D eigenvalue weighted by Gasteiger charge is 2.17. The molecule has 0 fully saturated rings. The highest BCUT2D eigenvalue weighted by molar-refractivity contribution is 9.10. The molecule has 2 aromatic carbocycles. The summed E-state index contributed by atoms with van der Waals surface area (Å²) in [4.78, 5) is 12.3. The number of benzene rings is 2. The number of nitrogen functional groups attached to an aromatic ring is 1. The van der Waals surface area contributed by atoms with E-state index in [1.165, 1.54) is 4.68 Å². The second-order valence-corrected chi connectivity index (χ2v) is 6.71. The van der Waals surface area contributed by atoms with Crippen molar-refractivity contribution in [3.63, 3.8) is 0 Å². The van der Waals surface area contributed by atoms with E-state index in [-0.39, 0.29) is 18.1 Å². The monoisotopic (exact) mass is 419 g/mol. The number of nitrogens with zero attached hydrogens (tertiary/aromatic N) is 3. The summed E-state index contributed by atoms with van der Waals surface area (Å²) in [5.41, 5.74) is 7.94. The standard InChI is InChI=1S/C17H15BrClN5O/c18-13-6-3-4-11(8-13)10-24-16(20)15(22-23-24)17(25)21-9-12-5-1-2-7-14(12)19/h1-8H,9-10,20H2,(H,21,25). The van der Waals surface area contributed by atoms with Gasteiger partial charge >= 0.3 is 0 Å². The van der Waals surface area contributed by atoms with E-state index in [4.69, 9.17) is 17.3 Å². The van der Waals surface area contributed by atoms with Crippen LogP contribution in [0.15, 0.2) is 53.0 Å². The molecule has 3 aromatic rings. The Morgan fingerprint density at radius 2 is 2.04 bits per heavy atom. The Kier molecular flexibility index (Phi) is 5.35. The predicted molar refractivity (Wildman–Crippen MR) is 100 cm³/mol. The number of aromatic nitrogens is 3. The Balaban J connectivity index is 1.70. The molecule has 0 unspecified atom stereocenters. The molecule has 1 heterocycles. The van der Waals surface area contributed by atoms with Crippen LogP contribution in [0.3, 0.4) is 0 Å². The molecule has 6 nitrogen and oxygen atoms in total. The van der Waals surface area contributed by atoms with E-state index >= 15 is 0 Å². The van der Waals surface area contributed by atoms with Crippen molar-refractivity contribution in [1.82, 2.24) is 20.3 Å². The maximum Gasteiger partial charge on any atom is 0.275 e. The number of carbonyl (C=O) groups excluding carboxylic acids is 1. The van der Waals surface area contributed by atoms with E-state index in [0.29, 0.717) is 11.6 Å². The van der Waals surface area contributed by atoms with Crippen LogP contribution < -0.4 is 11.1 Å². The van der Waals surface area contributed by atoms with Crippen molar-refractivity contribution in [3.05, 3.63) is 74.8 Å². The number of nitrogens with one attached hydrogen (secondary N) is 1. The zero-order chi connectivity index (χ0) is 17.8. The van der Waals surface area contributed by atoms with Crippen molar-refractivity contribution in [1.29, 1.82) is 0 Å². The number of hydrogen-bond acceptors (Lipinski definition) is 4. The van der Waals surface area contributed by atoms with Gasteiger partial charge in [0.2, 0.25) is 0 Å². The molecule has 25 heavy (non-hydrogen) atoms. The summed E-state index contributed by atoms with van der Waals surface area (Å²) < 4.78 is 2.45. The van der Waals surface area contributed by atoms with Crippen molar-refractivity contribution < 1.29 is 4.79 Å². The van der Waals surface area contributed by atoms with Gasteiger partial charge in [-0.25, -0.2) is 4.68 Å². The van der Waals surface area contributed by atoms with Crippen LogP contribution in [0.2, 0.25) is 5.02 Å². The number of carbonyl (C=O) groups is 1. The zero-order valence-corrected chi connectivity index (χ0v) is 15.5. The van der Waals surface area contributed by atoms with Crippen LogP contribution in [0.1, 0.15) is 21.6 Å². The van der Waals surface area contributed by atoms with E-state index in [1.807, 2.05) is 42.5 Å². The van der Waals surface area contributed by atoms with Gasteiger partial charge in [-0.05, 0) is 29.3 Å². The second kappa shape index (κ2) is 7.67. The summed E-state index contributed by atoms with van der Waals surface area (Å²) in [7, 11) is 0. The first-order valence-electron chi connectivity index (χ1n) is 7.49. The van der Waals surface area contributed by atoms with E-state index < -0.39 is 5.91 Å². The molecule has 0 atom stereocenters. The Hall–Kier alpha value is -2.38. The van der Waals surface area contributed by atoms with Crippen molar-refractivity contribution >= 4 is 39.3 Å². The molecule has 1 amide bonds. The summed E-state index contributed by atoms with van der Waals surface area (Å²) in [6.07, 6.45) is 0. The fourth-order valence-corrected chi connectivity index (χ4v) is 2.96. The number of nitrogens with two attached hydrogens (primary N) is 1. The Bertz CT molecular complexity index is 912. The van der Waals surface area contributed by atoms with Gasteiger partial charge in [0.25, 0.3) is 5.91 Å². The third-order valence-electron chi connectivity index (χ3n) is 3.61. The predicted octanol–water partition coefficient (Wildman–Crippen LogP) is 3.25. The van der Waals surface area contributed by atoms with Gasteiger partial charge in [-0.3, -0.25) is 4.79 Å². The zero-order valence-electron chi connectivity index (χ0n) is 13.1. The fraction of sp³-hybridized carbons (Fsp3) is 0.118. The second-order valence-electron chi connectivity index (χ2n) is 5.38. The molecule has 0 aliphatic rings. The van der Waals surface area contributed by atoms with Crippen molar-refractivity contribution in [2.24, 2.45) is 0 Å². The number of amides is 1. The molecule has 8 heteroatoms. The molecule has 3 rings (SSSR count). The van der Waals surface area contributed by atoms with Crippen molar-refractivity contribution in [2.45, 2.75) is 13.1 Å². The van der Waals surface area contributed by atoms with Crippen LogP contribution >= 0.6 is 27.5 Å². The summed E-state index contributed by atoms with van der Waals surface area (Å²) >= 11 is 9.50. The Morgan fingerprint density at radius 1 is 1.24 bits per heavy atom. The van der Waals surface area contributed by atoms with Gasteiger partial charge in [0.05, 0.1) is 6.54 Å². The summed E-state index contributed by atoms with van der Waals surface area (Å²) in [5, 5.41) is 11.2. The van der Waals surface area contributed by atoms with Crippen molar-refractivity contribution in [3.8, 4) is 0 Å². The van der Waals surface area contributed by atoms with E-state index in [9.17, 15) is 4.79 Å². The van der Waals surface area contributed by atoms with Crippen LogP contribution in [0.5, 0.6) is 0 Å². The average Bonchev–Trinajstić information content (AvgIpc) is 2.95. The Labute approximate surface area is 158 Å². The number of hydrogen-bond donors (Lipinski definition) is 2. The van der Waals surface area contributed by atoms with Crippen LogP contribution in [0.25, 0.3) is 0 Å². The molecule has 0 aliphatic carbocycles. The quantitative estimate of drug-likeness (QED) is 0.663. The SMILES string of the molecule is Nc1c(C(=O)NCc2ccccc2Cl)nnn1Cc1cccc(Br)c1. The normalized spacial score (nSPS) is 10.6. The van der Waals surface area contributed by atoms with E-state index in [1.54, 1.807) is 6.07 Å². The van der Waals surface area contributed by atoms with Gasteiger partial charge in [-0.2, -0.15) is 0 Å². The molecule has 0 aliphatic heterocycles. The lowest BCUT2D eigenvalue weighted by atomic mass is 10.2. The molecule has 0 spiro atoms. The maximum absolute atomic E-state index is 12.3. The lowest BCUT2D eigenvalue weighted by Crippen LogP contribution is -2.24. The summed E-state index contributed by atoms with van der Waals surface area (Å²) in [5.74, 6) is -0.172. The first-order chi connectivity index (χ1) is 12.0. The number of rotatable bonds is 5. The maximum atomic E-state index is 12.3. The molecular formula is C17H15BrClN5O. The van der Waals surface area contributed by atoms with Gasteiger partial charge in [0.1, 0.15) is 0 Å². The highest BCUT2D eigenvalue weighted by Crippen LogP contribution is 2.16. The van der Waals surface area contributed by atoms with E-state index in [2.05, 4.69) is 31.6 Å². The lowest BCUT2D eigenvalue weighted by molar-refractivity contribution is 0.0947. The van der Waals surface area contributed by atoms with Crippen molar-refractivity contribution in [2.75, 3.05) is 5.73 Å².